The largest absolute Gasteiger partial charge is 0.272 e. The van der Waals surface area contributed by atoms with E-state index in [-0.39, 0.29) is 5.91 Å². The van der Waals surface area contributed by atoms with E-state index in [0.717, 1.165) is 26.1 Å². The normalized spacial score (nSPS) is 10.4. The SMILES string of the molecule is C=C(C)C(=O)N(CCC)N(CC)CC. The van der Waals surface area contributed by atoms with Crippen molar-refractivity contribution in [3.63, 3.8) is 0 Å². The Morgan fingerprint density at radius 2 is 1.71 bits per heavy atom. The molecule has 1 amide bonds. The summed E-state index contributed by atoms with van der Waals surface area (Å²) in [5, 5.41) is 3.84. The third-order valence-corrected chi connectivity index (χ3v) is 2.11. The van der Waals surface area contributed by atoms with Crippen LogP contribution in [0.5, 0.6) is 0 Å². The number of amides is 1. The monoisotopic (exact) mass is 198 g/mol. The van der Waals surface area contributed by atoms with Gasteiger partial charge in [0.1, 0.15) is 0 Å². The Morgan fingerprint density at radius 1 is 1.21 bits per heavy atom. The number of hydrogen-bond donors (Lipinski definition) is 0. The highest BCUT2D eigenvalue weighted by Gasteiger charge is 2.18. The lowest BCUT2D eigenvalue weighted by Crippen LogP contribution is -2.47. The molecule has 14 heavy (non-hydrogen) atoms. The molecule has 0 rings (SSSR count). The first-order chi connectivity index (χ1) is 6.58. The van der Waals surface area contributed by atoms with Crippen LogP contribution in [0.3, 0.4) is 0 Å². The van der Waals surface area contributed by atoms with E-state index in [2.05, 4.69) is 27.4 Å². The number of rotatable bonds is 6. The highest BCUT2D eigenvalue weighted by atomic mass is 16.2. The van der Waals surface area contributed by atoms with Gasteiger partial charge in [-0.3, -0.25) is 9.80 Å². The van der Waals surface area contributed by atoms with Gasteiger partial charge in [0.2, 0.25) is 0 Å². The minimum atomic E-state index is 0.0375. The summed E-state index contributed by atoms with van der Waals surface area (Å²) < 4.78 is 0. The summed E-state index contributed by atoms with van der Waals surface area (Å²) in [5.74, 6) is 0.0375. The smallest absolute Gasteiger partial charge is 0.263 e. The van der Waals surface area contributed by atoms with Gasteiger partial charge in [-0.2, -0.15) is 0 Å². The lowest BCUT2D eigenvalue weighted by molar-refractivity contribution is -0.144. The molecule has 0 atom stereocenters. The van der Waals surface area contributed by atoms with Gasteiger partial charge >= 0.3 is 0 Å². The van der Waals surface area contributed by atoms with Crippen molar-refractivity contribution in [3.05, 3.63) is 12.2 Å². The van der Waals surface area contributed by atoms with E-state index in [1.807, 2.05) is 5.01 Å². The fourth-order valence-corrected chi connectivity index (χ4v) is 1.37. The standard InChI is InChI=1S/C11H22N2O/c1-6-9-13(11(14)10(4)5)12(7-2)8-3/h4,6-9H2,1-3,5H3. The van der Waals surface area contributed by atoms with Crippen molar-refractivity contribution in [2.75, 3.05) is 19.6 Å². The summed E-state index contributed by atoms with van der Waals surface area (Å²) in [6.07, 6.45) is 0.968. The summed E-state index contributed by atoms with van der Waals surface area (Å²) >= 11 is 0. The Kier molecular flexibility index (Phi) is 6.21. The van der Waals surface area contributed by atoms with Crippen LogP contribution in [-0.4, -0.2) is 35.6 Å². The van der Waals surface area contributed by atoms with Crippen molar-refractivity contribution < 1.29 is 4.79 Å². The van der Waals surface area contributed by atoms with Crippen LogP contribution < -0.4 is 0 Å². The maximum atomic E-state index is 11.8. The summed E-state index contributed by atoms with van der Waals surface area (Å²) in [7, 11) is 0. The van der Waals surface area contributed by atoms with Crippen molar-refractivity contribution in [1.29, 1.82) is 0 Å². The van der Waals surface area contributed by atoms with Crippen molar-refractivity contribution >= 4 is 5.91 Å². The zero-order valence-electron chi connectivity index (χ0n) is 9.84. The average molecular weight is 198 g/mol. The van der Waals surface area contributed by atoms with Crippen LogP contribution in [0.4, 0.5) is 0 Å². The maximum Gasteiger partial charge on any atom is 0.263 e. The van der Waals surface area contributed by atoms with Gasteiger partial charge in [-0.1, -0.05) is 27.4 Å². The van der Waals surface area contributed by atoms with Crippen LogP contribution >= 0.6 is 0 Å². The number of carbonyl (C=O) groups excluding carboxylic acids is 1. The first kappa shape index (κ1) is 13.2. The minimum Gasteiger partial charge on any atom is -0.272 e. The van der Waals surface area contributed by atoms with Gasteiger partial charge in [-0.15, -0.1) is 0 Å². The minimum absolute atomic E-state index is 0.0375. The molecule has 0 aliphatic heterocycles. The highest BCUT2D eigenvalue weighted by molar-refractivity contribution is 5.91. The third-order valence-electron chi connectivity index (χ3n) is 2.11. The molecular weight excluding hydrogens is 176 g/mol. The summed E-state index contributed by atoms with van der Waals surface area (Å²) in [5.41, 5.74) is 0.602. The van der Waals surface area contributed by atoms with Crippen LogP contribution in [0, 0.1) is 0 Å². The van der Waals surface area contributed by atoms with Crippen LogP contribution in [0.15, 0.2) is 12.2 Å². The van der Waals surface area contributed by atoms with Crippen LogP contribution in [0.25, 0.3) is 0 Å². The van der Waals surface area contributed by atoms with E-state index in [9.17, 15) is 4.79 Å². The lowest BCUT2D eigenvalue weighted by atomic mass is 10.3. The predicted octanol–water partition coefficient (Wildman–Crippen LogP) is 2.06. The molecule has 0 heterocycles. The van der Waals surface area contributed by atoms with Crippen LogP contribution in [-0.2, 0) is 4.79 Å². The molecule has 0 spiro atoms. The van der Waals surface area contributed by atoms with Crippen molar-refractivity contribution in [2.45, 2.75) is 34.1 Å². The zero-order chi connectivity index (χ0) is 11.1. The average Bonchev–Trinajstić information content (AvgIpc) is 2.17. The van der Waals surface area contributed by atoms with E-state index in [4.69, 9.17) is 0 Å². The van der Waals surface area contributed by atoms with Gasteiger partial charge in [0.05, 0.1) is 0 Å². The molecule has 3 heteroatoms. The Bertz CT molecular complexity index is 197. The van der Waals surface area contributed by atoms with Crippen molar-refractivity contribution in [3.8, 4) is 0 Å². The first-order valence-electron chi connectivity index (χ1n) is 5.30. The molecule has 0 unspecified atom stereocenters. The van der Waals surface area contributed by atoms with E-state index in [1.54, 1.807) is 11.9 Å². The second-order valence-corrected chi connectivity index (χ2v) is 3.35. The molecule has 0 bridgehead atoms. The number of hydrazine groups is 1. The Balaban J connectivity index is 4.55. The third kappa shape index (κ3) is 3.50. The predicted molar refractivity (Wildman–Crippen MR) is 59.7 cm³/mol. The van der Waals surface area contributed by atoms with E-state index >= 15 is 0 Å². The molecule has 0 N–H and O–H groups in total. The second-order valence-electron chi connectivity index (χ2n) is 3.35. The Hall–Kier alpha value is -0.830. The topological polar surface area (TPSA) is 23.6 Å². The fraction of sp³-hybridized carbons (Fsp3) is 0.727. The second kappa shape index (κ2) is 6.60. The number of nitrogens with zero attached hydrogens (tertiary/aromatic N) is 2. The maximum absolute atomic E-state index is 11.8. The summed E-state index contributed by atoms with van der Waals surface area (Å²) in [6.45, 7) is 14.1. The van der Waals surface area contributed by atoms with E-state index < -0.39 is 0 Å². The van der Waals surface area contributed by atoms with Gasteiger partial charge in [0.15, 0.2) is 0 Å². The molecule has 0 aromatic carbocycles. The molecule has 0 saturated heterocycles. The fourth-order valence-electron chi connectivity index (χ4n) is 1.37. The lowest BCUT2D eigenvalue weighted by Gasteiger charge is -2.33. The van der Waals surface area contributed by atoms with Crippen LogP contribution in [0.2, 0.25) is 0 Å². The van der Waals surface area contributed by atoms with Gasteiger partial charge in [0.25, 0.3) is 5.91 Å². The van der Waals surface area contributed by atoms with Gasteiger partial charge in [-0.05, 0) is 13.3 Å². The molecule has 0 fully saturated rings. The number of hydrogen-bond acceptors (Lipinski definition) is 2. The molecule has 0 radical (unpaired) electrons. The highest BCUT2D eigenvalue weighted by Crippen LogP contribution is 2.05. The Morgan fingerprint density at radius 3 is 2.00 bits per heavy atom. The quantitative estimate of drug-likeness (QED) is 0.482. The molecule has 82 valence electrons. The molecule has 3 nitrogen and oxygen atoms in total. The van der Waals surface area contributed by atoms with E-state index in [1.165, 1.54) is 0 Å². The van der Waals surface area contributed by atoms with Gasteiger partial charge < -0.3 is 0 Å². The van der Waals surface area contributed by atoms with Crippen LogP contribution in [0.1, 0.15) is 34.1 Å². The number of carbonyl (C=O) groups is 1. The van der Waals surface area contributed by atoms with Crippen molar-refractivity contribution in [2.24, 2.45) is 0 Å². The molecular formula is C11H22N2O. The Labute approximate surface area is 87.4 Å². The molecule has 0 aliphatic rings. The van der Waals surface area contributed by atoms with E-state index in [0.29, 0.717) is 5.57 Å². The summed E-state index contributed by atoms with van der Waals surface area (Å²) in [6, 6.07) is 0. The molecule has 0 aliphatic carbocycles. The molecule has 0 saturated carbocycles. The van der Waals surface area contributed by atoms with Gasteiger partial charge in [-0.25, -0.2) is 5.01 Å². The van der Waals surface area contributed by atoms with Crippen molar-refractivity contribution in [1.82, 2.24) is 10.0 Å². The molecule has 0 aromatic rings. The van der Waals surface area contributed by atoms with Gasteiger partial charge in [0, 0.05) is 25.2 Å². The molecule has 0 aromatic heterocycles. The first-order valence-corrected chi connectivity index (χ1v) is 5.30. The zero-order valence-corrected chi connectivity index (χ0v) is 9.84. The summed E-state index contributed by atoms with van der Waals surface area (Å²) in [4.78, 5) is 11.8.